The maximum atomic E-state index is 13.0. The quantitative estimate of drug-likeness (QED) is 0.796. The summed E-state index contributed by atoms with van der Waals surface area (Å²) in [6.07, 6.45) is 0. The number of ether oxygens (including phenoxy) is 3. The van der Waals surface area contributed by atoms with E-state index in [0.29, 0.717) is 28.6 Å². The number of hydrogen-bond donors (Lipinski definition) is 0. The van der Waals surface area contributed by atoms with Gasteiger partial charge in [-0.25, -0.2) is 0 Å². The Balaban J connectivity index is 1.89. The van der Waals surface area contributed by atoms with E-state index in [2.05, 4.69) is 0 Å². The number of amides is 1. The summed E-state index contributed by atoms with van der Waals surface area (Å²) < 4.78 is 15.9. The number of carbonyl (C=O) groups is 1. The SMILES string of the molecule is CCN(C(=O)c1cc(Cl)c2c(c1)OCO2)C(C)c1cccc(OC)c1. The number of carbonyl (C=O) groups excluding carboxylic acids is 1. The first-order chi connectivity index (χ1) is 12.0. The molecule has 2 aromatic rings. The monoisotopic (exact) mass is 361 g/mol. The molecule has 3 rings (SSSR count). The third-order valence-corrected chi connectivity index (χ3v) is 4.60. The molecule has 0 fully saturated rings. The van der Waals surface area contributed by atoms with Gasteiger partial charge in [0, 0.05) is 12.1 Å². The van der Waals surface area contributed by atoms with Gasteiger partial charge in [0.25, 0.3) is 5.91 Å². The smallest absolute Gasteiger partial charge is 0.254 e. The van der Waals surface area contributed by atoms with Gasteiger partial charge in [0.1, 0.15) is 5.75 Å². The Morgan fingerprint density at radius 1 is 1.32 bits per heavy atom. The maximum Gasteiger partial charge on any atom is 0.254 e. The molecule has 2 aromatic carbocycles. The Morgan fingerprint density at radius 3 is 2.84 bits per heavy atom. The summed E-state index contributed by atoms with van der Waals surface area (Å²) in [5, 5.41) is 0.378. The molecule has 0 aliphatic carbocycles. The molecule has 0 spiro atoms. The van der Waals surface area contributed by atoms with Crippen LogP contribution in [0.5, 0.6) is 17.2 Å². The highest BCUT2D eigenvalue weighted by atomic mass is 35.5. The summed E-state index contributed by atoms with van der Waals surface area (Å²) in [6.45, 7) is 4.61. The Kier molecular flexibility index (Phi) is 5.04. The van der Waals surface area contributed by atoms with Gasteiger partial charge in [-0.05, 0) is 43.7 Å². The van der Waals surface area contributed by atoms with Crippen LogP contribution in [0.25, 0.3) is 0 Å². The standard InChI is InChI=1S/C19H20ClNO4/c1-4-21(12(2)13-6-5-7-15(8-13)23-3)19(22)14-9-16(20)18-17(10-14)24-11-25-18/h5-10,12H,4,11H2,1-3H3. The summed E-state index contributed by atoms with van der Waals surface area (Å²) in [4.78, 5) is 14.8. The molecule has 1 aliphatic rings. The van der Waals surface area contributed by atoms with Gasteiger partial charge in [0.2, 0.25) is 6.79 Å². The molecule has 1 atom stereocenters. The number of hydrogen-bond acceptors (Lipinski definition) is 4. The summed E-state index contributed by atoms with van der Waals surface area (Å²) in [6, 6.07) is 10.9. The number of nitrogens with zero attached hydrogens (tertiary/aromatic N) is 1. The van der Waals surface area contributed by atoms with Crippen molar-refractivity contribution in [3.8, 4) is 17.2 Å². The van der Waals surface area contributed by atoms with Gasteiger partial charge in [-0.1, -0.05) is 23.7 Å². The van der Waals surface area contributed by atoms with E-state index in [1.165, 1.54) is 0 Å². The summed E-state index contributed by atoms with van der Waals surface area (Å²) in [5.74, 6) is 1.64. The molecule has 0 bridgehead atoms. The Hall–Kier alpha value is -2.40. The summed E-state index contributed by atoms with van der Waals surface area (Å²) in [5.41, 5.74) is 1.48. The van der Waals surface area contributed by atoms with Crippen molar-refractivity contribution in [2.75, 3.05) is 20.4 Å². The van der Waals surface area contributed by atoms with Crippen LogP contribution in [-0.2, 0) is 0 Å². The number of fused-ring (bicyclic) bond motifs is 1. The molecular formula is C19H20ClNO4. The molecular weight excluding hydrogens is 342 g/mol. The molecule has 1 aliphatic heterocycles. The molecule has 6 heteroatoms. The van der Waals surface area contributed by atoms with E-state index >= 15 is 0 Å². The first-order valence-electron chi connectivity index (χ1n) is 8.09. The van der Waals surface area contributed by atoms with Crippen LogP contribution in [0.15, 0.2) is 36.4 Å². The van der Waals surface area contributed by atoms with Crippen LogP contribution in [0, 0.1) is 0 Å². The summed E-state index contributed by atoms with van der Waals surface area (Å²) >= 11 is 6.21. The fourth-order valence-electron chi connectivity index (χ4n) is 2.93. The third-order valence-electron chi connectivity index (χ3n) is 4.32. The number of halogens is 1. The largest absolute Gasteiger partial charge is 0.497 e. The lowest BCUT2D eigenvalue weighted by Crippen LogP contribution is -2.33. The first-order valence-corrected chi connectivity index (χ1v) is 8.47. The van der Waals surface area contributed by atoms with Crippen molar-refractivity contribution in [1.29, 1.82) is 0 Å². The zero-order chi connectivity index (χ0) is 18.0. The highest BCUT2D eigenvalue weighted by Crippen LogP contribution is 2.40. The van der Waals surface area contributed by atoms with Crippen LogP contribution in [0.3, 0.4) is 0 Å². The van der Waals surface area contributed by atoms with Gasteiger partial charge in [0.15, 0.2) is 11.5 Å². The minimum atomic E-state index is -0.114. The van der Waals surface area contributed by atoms with Crippen LogP contribution in [0.4, 0.5) is 0 Å². The molecule has 1 heterocycles. The Morgan fingerprint density at radius 2 is 2.12 bits per heavy atom. The van der Waals surface area contributed by atoms with Crippen molar-refractivity contribution in [3.05, 3.63) is 52.5 Å². The van der Waals surface area contributed by atoms with Gasteiger partial charge in [-0.3, -0.25) is 4.79 Å². The third kappa shape index (κ3) is 3.37. The molecule has 0 aromatic heterocycles. The lowest BCUT2D eigenvalue weighted by Gasteiger charge is -2.29. The zero-order valence-electron chi connectivity index (χ0n) is 14.4. The molecule has 1 unspecified atom stereocenters. The molecule has 25 heavy (non-hydrogen) atoms. The van der Waals surface area contributed by atoms with E-state index in [-0.39, 0.29) is 18.7 Å². The second-order valence-electron chi connectivity index (χ2n) is 5.74. The Bertz CT molecular complexity index is 793. The zero-order valence-corrected chi connectivity index (χ0v) is 15.2. The topological polar surface area (TPSA) is 48.0 Å². The van der Waals surface area contributed by atoms with E-state index in [0.717, 1.165) is 11.3 Å². The van der Waals surface area contributed by atoms with Crippen molar-refractivity contribution >= 4 is 17.5 Å². The molecule has 0 N–H and O–H groups in total. The molecule has 0 radical (unpaired) electrons. The molecule has 5 nitrogen and oxygen atoms in total. The van der Waals surface area contributed by atoms with Gasteiger partial charge in [-0.2, -0.15) is 0 Å². The van der Waals surface area contributed by atoms with E-state index in [1.807, 2.05) is 38.1 Å². The minimum absolute atomic E-state index is 0.113. The van der Waals surface area contributed by atoms with Gasteiger partial charge >= 0.3 is 0 Å². The first kappa shape index (κ1) is 17.4. The van der Waals surface area contributed by atoms with Crippen LogP contribution in [0.2, 0.25) is 5.02 Å². The fraction of sp³-hybridized carbons (Fsp3) is 0.316. The van der Waals surface area contributed by atoms with Crippen molar-refractivity contribution in [2.24, 2.45) is 0 Å². The van der Waals surface area contributed by atoms with Gasteiger partial charge in [0.05, 0.1) is 18.2 Å². The highest BCUT2D eigenvalue weighted by Gasteiger charge is 2.26. The second-order valence-corrected chi connectivity index (χ2v) is 6.14. The van der Waals surface area contributed by atoms with E-state index in [1.54, 1.807) is 24.1 Å². The number of methoxy groups -OCH3 is 1. The minimum Gasteiger partial charge on any atom is -0.497 e. The highest BCUT2D eigenvalue weighted by molar-refractivity contribution is 6.32. The Labute approximate surface area is 152 Å². The van der Waals surface area contributed by atoms with Crippen LogP contribution in [0.1, 0.15) is 35.8 Å². The lowest BCUT2D eigenvalue weighted by molar-refractivity contribution is 0.0701. The van der Waals surface area contributed by atoms with E-state index < -0.39 is 0 Å². The van der Waals surface area contributed by atoms with Crippen molar-refractivity contribution in [2.45, 2.75) is 19.9 Å². The molecule has 1 amide bonds. The normalized spacial score (nSPS) is 13.4. The number of benzene rings is 2. The molecule has 0 saturated heterocycles. The molecule has 0 saturated carbocycles. The van der Waals surface area contributed by atoms with Crippen LogP contribution >= 0.6 is 11.6 Å². The lowest BCUT2D eigenvalue weighted by atomic mass is 10.0. The number of rotatable bonds is 5. The maximum absolute atomic E-state index is 13.0. The van der Waals surface area contributed by atoms with E-state index in [4.69, 9.17) is 25.8 Å². The van der Waals surface area contributed by atoms with Crippen molar-refractivity contribution in [1.82, 2.24) is 4.90 Å². The van der Waals surface area contributed by atoms with Gasteiger partial charge < -0.3 is 19.1 Å². The van der Waals surface area contributed by atoms with Gasteiger partial charge in [-0.15, -0.1) is 0 Å². The average Bonchev–Trinajstić information content (AvgIpc) is 3.11. The van der Waals surface area contributed by atoms with Crippen LogP contribution < -0.4 is 14.2 Å². The predicted octanol–water partition coefficient (Wildman–Crippen LogP) is 4.30. The van der Waals surface area contributed by atoms with Crippen molar-refractivity contribution in [3.63, 3.8) is 0 Å². The predicted molar refractivity (Wildman–Crippen MR) is 95.7 cm³/mol. The van der Waals surface area contributed by atoms with Crippen LogP contribution in [-0.4, -0.2) is 31.3 Å². The van der Waals surface area contributed by atoms with E-state index in [9.17, 15) is 4.79 Å². The van der Waals surface area contributed by atoms with Crippen molar-refractivity contribution < 1.29 is 19.0 Å². The average molecular weight is 362 g/mol. The second kappa shape index (κ2) is 7.23. The summed E-state index contributed by atoms with van der Waals surface area (Å²) in [7, 11) is 1.63. The fourth-order valence-corrected chi connectivity index (χ4v) is 3.20. The molecule has 132 valence electrons.